The fourth-order valence-corrected chi connectivity index (χ4v) is 3.06. The van der Waals surface area contributed by atoms with E-state index < -0.39 is 12.0 Å². The summed E-state index contributed by atoms with van der Waals surface area (Å²) >= 11 is 0. The number of aromatic nitrogens is 1. The quantitative estimate of drug-likeness (QED) is 0.347. The van der Waals surface area contributed by atoms with Crippen LogP contribution in [-0.2, 0) is 0 Å². The Morgan fingerprint density at radius 3 is 2.12 bits per heavy atom. The van der Waals surface area contributed by atoms with Gasteiger partial charge < -0.3 is 20.3 Å². The van der Waals surface area contributed by atoms with Gasteiger partial charge in [0.2, 0.25) is 5.88 Å². The van der Waals surface area contributed by atoms with Crippen molar-refractivity contribution in [2.75, 3.05) is 5.32 Å². The predicted molar refractivity (Wildman–Crippen MR) is 123 cm³/mol. The Hall–Kier alpha value is -4.85. The Kier molecular flexibility index (Phi) is 6.17. The van der Waals surface area contributed by atoms with Crippen molar-refractivity contribution >= 4 is 17.7 Å². The average molecular weight is 441 g/mol. The molecule has 0 aliphatic carbocycles. The maximum absolute atomic E-state index is 11.9. The molecule has 0 fully saturated rings. The minimum absolute atomic E-state index is 0.0355. The molecule has 3 aromatic carbocycles. The van der Waals surface area contributed by atoms with Crippen molar-refractivity contribution in [3.8, 4) is 34.4 Å². The molecule has 2 amide bonds. The number of carbonyl (C=O) groups excluding carboxylic acids is 1. The zero-order valence-corrected chi connectivity index (χ0v) is 17.3. The number of carbonyl (C=O) groups is 2. The van der Waals surface area contributed by atoms with Crippen LogP contribution in [0.25, 0.3) is 11.3 Å². The van der Waals surface area contributed by atoms with Gasteiger partial charge in [-0.1, -0.05) is 30.3 Å². The Balaban J connectivity index is 1.59. The van der Waals surface area contributed by atoms with Crippen LogP contribution >= 0.6 is 0 Å². The third-order valence-electron chi connectivity index (χ3n) is 4.55. The molecule has 0 aliphatic heterocycles. The maximum Gasteiger partial charge on any atom is 0.409 e. The van der Waals surface area contributed by atoms with Gasteiger partial charge in [0.05, 0.1) is 5.69 Å². The number of hydrogen-bond acceptors (Lipinski definition) is 5. The number of primary amides is 1. The number of hydrogen-bond donors (Lipinski definition) is 3. The number of nitrogens with one attached hydrogen (secondary N) is 1. The average Bonchev–Trinajstić information content (AvgIpc) is 2.80. The second kappa shape index (κ2) is 9.52. The molecule has 8 nitrogen and oxygen atoms in total. The zero-order valence-electron chi connectivity index (χ0n) is 17.3. The Morgan fingerprint density at radius 1 is 0.788 bits per heavy atom. The highest BCUT2D eigenvalue weighted by atomic mass is 16.5. The molecule has 164 valence electrons. The topological polar surface area (TPSA) is 124 Å². The zero-order chi connectivity index (χ0) is 23.2. The molecule has 4 N–H and O–H groups in total. The van der Waals surface area contributed by atoms with Gasteiger partial charge in [-0.3, -0.25) is 10.1 Å². The van der Waals surface area contributed by atoms with Gasteiger partial charge in [0.15, 0.2) is 0 Å². The van der Waals surface area contributed by atoms with Gasteiger partial charge in [-0.25, -0.2) is 9.78 Å². The van der Waals surface area contributed by atoms with E-state index in [2.05, 4.69) is 10.3 Å². The molecule has 0 bridgehead atoms. The van der Waals surface area contributed by atoms with Crippen LogP contribution in [0.1, 0.15) is 10.4 Å². The first-order valence-electron chi connectivity index (χ1n) is 9.90. The minimum atomic E-state index is -1.17. The molecule has 8 heteroatoms. The van der Waals surface area contributed by atoms with Crippen LogP contribution in [-0.4, -0.2) is 22.1 Å². The summed E-state index contributed by atoms with van der Waals surface area (Å²) in [7, 11) is 0. The van der Waals surface area contributed by atoms with Crippen LogP contribution in [0.15, 0.2) is 91.0 Å². The van der Waals surface area contributed by atoms with Crippen LogP contribution in [0.3, 0.4) is 0 Å². The molecule has 0 aliphatic rings. The monoisotopic (exact) mass is 441 g/mol. The summed E-state index contributed by atoms with van der Waals surface area (Å²) in [6.45, 7) is 0. The number of ether oxygens (including phenoxy) is 2. The molecule has 0 atom stereocenters. The largest absolute Gasteiger partial charge is 0.465 e. The van der Waals surface area contributed by atoms with Gasteiger partial charge in [0.1, 0.15) is 22.8 Å². The number of benzene rings is 3. The van der Waals surface area contributed by atoms with E-state index >= 15 is 0 Å². The van der Waals surface area contributed by atoms with E-state index in [0.29, 0.717) is 34.2 Å². The van der Waals surface area contributed by atoms with Crippen LogP contribution in [0, 0.1) is 0 Å². The summed E-state index contributed by atoms with van der Waals surface area (Å²) in [5.74, 6) is 1.11. The lowest BCUT2D eigenvalue weighted by Crippen LogP contribution is -2.13. The summed E-state index contributed by atoms with van der Waals surface area (Å²) in [6, 6.07) is 26.0. The molecule has 33 heavy (non-hydrogen) atoms. The van der Waals surface area contributed by atoms with Crippen molar-refractivity contribution < 1.29 is 24.2 Å². The van der Waals surface area contributed by atoms with Gasteiger partial charge in [0, 0.05) is 11.3 Å². The van der Waals surface area contributed by atoms with Crippen molar-refractivity contribution in [1.29, 1.82) is 0 Å². The molecular formula is C25H19N3O5. The first-order valence-corrected chi connectivity index (χ1v) is 9.90. The van der Waals surface area contributed by atoms with E-state index in [1.54, 1.807) is 54.6 Å². The molecule has 0 unspecified atom stereocenters. The number of rotatable bonds is 7. The summed E-state index contributed by atoms with van der Waals surface area (Å²) in [5.41, 5.74) is 7.10. The van der Waals surface area contributed by atoms with E-state index in [1.165, 1.54) is 6.07 Å². The molecule has 0 spiro atoms. The highest BCUT2D eigenvalue weighted by molar-refractivity contribution is 5.95. The first-order chi connectivity index (χ1) is 16.0. The van der Waals surface area contributed by atoms with Crippen LogP contribution in [0.4, 0.5) is 10.5 Å². The number of carboxylic acid groups (broad SMARTS) is 1. The predicted octanol–water partition coefficient (Wildman–Crippen LogP) is 5.52. The number of amides is 2. The lowest BCUT2D eigenvalue weighted by Gasteiger charge is -2.12. The second-order valence-corrected chi connectivity index (χ2v) is 6.91. The molecule has 0 saturated carbocycles. The number of para-hydroxylation sites is 1. The van der Waals surface area contributed by atoms with Crippen LogP contribution in [0.2, 0.25) is 0 Å². The normalized spacial score (nSPS) is 10.3. The van der Waals surface area contributed by atoms with Crippen molar-refractivity contribution in [3.63, 3.8) is 0 Å². The Morgan fingerprint density at radius 2 is 1.45 bits per heavy atom. The highest BCUT2D eigenvalue weighted by Gasteiger charge is 2.15. The molecule has 1 aromatic heterocycles. The summed E-state index contributed by atoms with van der Waals surface area (Å²) in [4.78, 5) is 27.3. The van der Waals surface area contributed by atoms with Gasteiger partial charge >= 0.3 is 6.09 Å². The minimum Gasteiger partial charge on any atom is -0.465 e. The van der Waals surface area contributed by atoms with Gasteiger partial charge in [-0.05, 0) is 60.7 Å². The van der Waals surface area contributed by atoms with E-state index in [0.717, 1.165) is 0 Å². The number of anilines is 1. The lowest BCUT2D eigenvalue weighted by atomic mass is 10.1. The first kappa shape index (κ1) is 21.4. The standard InChI is InChI=1S/C25H19N3O5/c26-23(29)21-13-14-22(16-5-4-6-17(15-16)27-25(30)31)28-24(21)33-20-11-9-19(10-12-20)32-18-7-2-1-3-8-18/h1-15,27H,(H2,26,29)(H,30,31). The number of nitrogens with two attached hydrogens (primary N) is 1. The highest BCUT2D eigenvalue weighted by Crippen LogP contribution is 2.30. The molecule has 0 saturated heterocycles. The third kappa shape index (κ3) is 5.45. The number of pyridine rings is 1. The molecule has 0 radical (unpaired) electrons. The van der Waals surface area contributed by atoms with E-state index in [1.807, 2.05) is 30.3 Å². The van der Waals surface area contributed by atoms with E-state index in [4.69, 9.17) is 20.3 Å². The Bertz CT molecular complexity index is 1290. The van der Waals surface area contributed by atoms with Crippen molar-refractivity contribution in [2.24, 2.45) is 5.73 Å². The van der Waals surface area contributed by atoms with Crippen molar-refractivity contribution in [2.45, 2.75) is 0 Å². The van der Waals surface area contributed by atoms with E-state index in [-0.39, 0.29) is 11.4 Å². The summed E-state index contributed by atoms with van der Waals surface area (Å²) < 4.78 is 11.6. The molecular weight excluding hydrogens is 422 g/mol. The number of nitrogens with zero attached hydrogens (tertiary/aromatic N) is 1. The van der Waals surface area contributed by atoms with Crippen molar-refractivity contribution in [1.82, 2.24) is 4.98 Å². The molecule has 4 rings (SSSR count). The SMILES string of the molecule is NC(=O)c1ccc(-c2cccc(NC(=O)O)c2)nc1Oc1ccc(Oc2ccccc2)cc1. The maximum atomic E-state index is 11.9. The van der Waals surface area contributed by atoms with Crippen molar-refractivity contribution in [3.05, 3.63) is 96.6 Å². The molecule has 1 heterocycles. The summed E-state index contributed by atoms with van der Waals surface area (Å²) in [6.07, 6.45) is -1.17. The van der Waals surface area contributed by atoms with E-state index in [9.17, 15) is 9.59 Å². The third-order valence-corrected chi connectivity index (χ3v) is 4.55. The molecule has 4 aromatic rings. The smallest absolute Gasteiger partial charge is 0.409 e. The van der Waals surface area contributed by atoms with Crippen LogP contribution in [0.5, 0.6) is 23.1 Å². The Labute approximate surface area is 189 Å². The lowest BCUT2D eigenvalue weighted by molar-refractivity contribution is 0.0997. The second-order valence-electron chi connectivity index (χ2n) is 6.91. The van der Waals surface area contributed by atoms with Gasteiger partial charge in [-0.2, -0.15) is 0 Å². The summed E-state index contributed by atoms with van der Waals surface area (Å²) in [5, 5.41) is 11.2. The van der Waals surface area contributed by atoms with Gasteiger partial charge in [-0.15, -0.1) is 0 Å². The van der Waals surface area contributed by atoms with Gasteiger partial charge in [0.25, 0.3) is 5.91 Å². The fraction of sp³-hybridized carbons (Fsp3) is 0. The fourth-order valence-electron chi connectivity index (χ4n) is 3.06. The van der Waals surface area contributed by atoms with Crippen LogP contribution < -0.4 is 20.5 Å².